The van der Waals surface area contributed by atoms with Crippen LogP contribution in [0, 0.1) is 0 Å². The molecule has 2 rings (SSSR count). The van der Waals surface area contributed by atoms with E-state index in [0.717, 1.165) is 18.7 Å². The van der Waals surface area contributed by atoms with E-state index in [1.54, 1.807) is 5.01 Å². The van der Waals surface area contributed by atoms with Gasteiger partial charge in [0.25, 0.3) is 0 Å². The molecule has 1 aliphatic rings. The number of rotatable bonds is 1. The molecule has 1 aromatic carbocycles. The van der Waals surface area contributed by atoms with Crippen LogP contribution in [-0.4, -0.2) is 21.6 Å². The van der Waals surface area contributed by atoms with E-state index in [-0.39, 0.29) is 0 Å². The van der Waals surface area contributed by atoms with Crippen LogP contribution >= 0.6 is 24.8 Å². The van der Waals surface area contributed by atoms with Gasteiger partial charge in [0.05, 0.1) is 5.71 Å². The summed E-state index contributed by atoms with van der Waals surface area (Å²) in [6, 6.07) is 10.1. The molecule has 1 aromatic rings. The van der Waals surface area contributed by atoms with Crippen molar-refractivity contribution >= 4 is 34.9 Å². The third kappa shape index (κ3) is 1.96. The molecule has 0 aliphatic carbocycles. The number of hydrogen-bond acceptors (Lipinski definition) is 2. The van der Waals surface area contributed by atoms with Gasteiger partial charge >= 0.3 is 0 Å². The number of hydrogen-bond donors (Lipinski definition) is 1. The predicted molar refractivity (Wildman–Crippen MR) is 65.9 cm³/mol. The Bertz CT molecular complexity index is 373. The molecule has 0 saturated carbocycles. The summed E-state index contributed by atoms with van der Waals surface area (Å²) in [5.41, 5.74) is 2.25. The van der Waals surface area contributed by atoms with Crippen LogP contribution in [0.4, 0.5) is 0 Å². The molecular weight excluding hydrogens is 212 g/mol. The third-order valence-corrected chi connectivity index (χ3v) is 2.57. The molecule has 1 heterocycles. The van der Waals surface area contributed by atoms with Gasteiger partial charge in [-0.15, -0.1) is 12.6 Å². The van der Waals surface area contributed by atoms with E-state index < -0.39 is 0 Å². The molecule has 0 amide bonds. The van der Waals surface area contributed by atoms with E-state index in [0.29, 0.717) is 4.32 Å². The maximum Gasteiger partial charge on any atom is 0.153 e. The highest BCUT2D eigenvalue weighted by atomic mass is 32.1. The quantitative estimate of drug-likeness (QED) is 0.579. The highest BCUT2D eigenvalue weighted by Gasteiger charge is 2.16. The Morgan fingerprint density at radius 1 is 1.36 bits per heavy atom. The average molecular weight is 222 g/mol. The van der Waals surface area contributed by atoms with Crippen molar-refractivity contribution in [3.05, 3.63) is 35.9 Å². The maximum atomic E-state index is 4.94. The monoisotopic (exact) mass is 222 g/mol. The van der Waals surface area contributed by atoms with Crippen molar-refractivity contribution in [2.45, 2.75) is 6.42 Å². The lowest BCUT2D eigenvalue weighted by Crippen LogP contribution is -2.15. The SMILES string of the molecule is S=C(S)N1CCC(c2ccccc2)=N1. The van der Waals surface area contributed by atoms with Crippen LogP contribution in [0.15, 0.2) is 35.4 Å². The number of benzene rings is 1. The van der Waals surface area contributed by atoms with E-state index in [2.05, 4.69) is 29.9 Å². The molecule has 14 heavy (non-hydrogen) atoms. The minimum Gasteiger partial charge on any atom is -0.248 e. The van der Waals surface area contributed by atoms with E-state index in [1.165, 1.54) is 5.56 Å². The topological polar surface area (TPSA) is 15.6 Å². The van der Waals surface area contributed by atoms with Gasteiger partial charge in [-0.2, -0.15) is 5.10 Å². The zero-order valence-corrected chi connectivity index (χ0v) is 9.26. The van der Waals surface area contributed by atoms with Crippen molar-refractivity contribution < 1.29 is 0 Å². The van der Waals surface area contributed by atoms with Gasteiger partial charge < -0.3 is 0 Å². The minimum atomic E-state index is 0.538. The first kappa shape index (κ1) is 9.68. The van der Waals surface area contributed by atoms with Crippen molar-refractivity contribution in [2.75, 3.05) is 6.54 Å². The molecule has 0 fully saturated rings. The second-order valence-electron chi connectivity index (χ2n) is 3.07. The van der Waals surface area contributed by atoms with Gasteiger partial charge in [-0.05, 0) is 5.56 Å². The minimum absolute atomic E-state index is 0.538. The Kier molecular flexibility index (Phi) is 2.84. The Morgan fingerprint density at radius 2 is 2.07 bits per heavy atom. The molecule has 0 saturated heterocycles. The Labute approximate surface area is 94.0 Å². The van der Waals surface area contributed by atoms with Gasteiger partial charge in [0.1, 0.15) is 0 Å². The molecular formula is C10H10N2S2. The molecule has 0 bridgehead atoms. The largest absolute Gasteiger partial charge is 0.248 e. The van der Waals surface area contributed by atoms with E-state index in [4.69, 9.17) is 12.2 Å². The summed E-state index contributed by atoms with van der Waals surface area (Å²) in [4.78, 5) is 0. The molecule has 72 valence electrons. The summed E-state index contributed by atoms with van der Waals surface area (Å²) in [5.74, 6) is 0. The van der Waals surface area contributed by atoms with Crippen LogP contribution in [0.2, 0.25) is 0 Å². The molecule has 0 spiro atoms. The zero-order chi connectivity index (χ0) is 9.97. The fourth-order valence-electron chi connectivity index (χ4n) is 1.43. The maximum absolute atomic E-state index is 4.94. The van der Waals surface area contributed by atoms with Crippen molar-refractivity contribution in [3.63, 3.8) is 0 Å². The zero-order valence-electron chi connectivity index (χ0n) is 7.55. The van der Waals surface area contributed by atoms with Crippen LogP contribution in [0.25, 0.3) is 0 Å². The van der Waals surface area contributed by atoms with E-state index in [1.807, 2.05) is 18.2 Å². The summed E-state index contributed by atoms with van der Waals surface area (Å²) >= 11 is 9.04. The Balaban J connectivity index is 2.22. The van der Waals surface area contributed by atoms with Crippen LogP contribution in [0.1, 0.15) is 12.0 Å². The summed E-state index contributed by atoms with van der Waals surface area (Å²) < 4.78 is 0.538. The predicted octanol–water partition coefficient (Wildman–Crippen LogP) is 2.31. The second-order valence-corrected chi connectivity index (χ2v) is 4.18. The summed E-state index contributed by atoms with van der Waals surface area (Å²) in [6.07, 6.45) is 0.935. The molecule has 2 nitrogen and oxygen atoms in total. The Morgan fingerprint density at radius 3 is 2.64 bits per heavy atom. The van der Waals surface area contributed by atoms with Crippen LogP contribution in [0.5, 0.6) is 0 Å². The molecule has 1 aliphatic heterocycles. The smallest absolute Gasteiger partial charge is 0.153 e. The standard InChI is InChI=1S/C10H10N2S2/c13-10(14)12-7-6-9(11-12)8-4-2-1-3-5-8/h1-5H,6-7H2,(H,13,14). The molecule has 0 radical (unpaired) electrons. The lowest BCUT2D eigenvalue weighted by Gasteiger charge is -2.08. The number of hydrazone groups is 1. The van der Waals surface area contributed by atoms with Crippen LogP contribution in [-0.2, 0) is 0 Å². The van der Waals surface area contributed by atoms with Gasteiger partial charge in [0.15, 0.2) is 4.32 Å². The molecule has 0 N–H and O–H groups in total. The van der Waals surface area contributed by atoms with Gasteiger partial charge in [-0.1, -0.05) is 42.5 Å². The van der Waals surface area contributed by atoms with Gasteiger partial charge in [0, 0.05) is 13.0 Å². The van der Waals surface area contributed by atoms with Crippen LogP contribution in [0.3, 0.4) is 0 Å². The van der Waals surface area contributed by atoms with Crippen molar-refractivity contribution in [3.8, 4) is 0 Å². The highest BCUT2D eigenvalue weighted by molar-refractivity contribution is 8.10. The second kappa shape index (κ2) is 4.11. The fourth-order valence-corrected chi connectivity index (χ4v) is 1.71. The molecule has 0 aromatic heterocycles. The number of thiol groups is 1. The third-order valence-electron chi connectivity index (χ3n) is 2.13. The van der Waals surface area contributed by atoms with Gasteiger partial charge in [-0.3, -0.25) is 0 Å². The summed E-state index contributed by atoms with van der Waals surface area (Å²) in [6.45, 7) is 0.840. The lowest BCUT2D eigenvalue weighted by molar-refractivity contribution is 0.510. The highest BCUT2D eigenvalue weighted by Crippen LogP contribution is 2.14. The molecule has 4 heteroatoms. The molecule has 0 atom stereocenters. The molecule has 0 unspecified atom stereocenters. The average Bonchev–Trinajstić information content (AvgIpc) is 2.68. The summed E-state index contributed by atoms with van der Waals surface area (Å²) in [5, 5.41) is 6.14. The van der Waals surface area contributed by atoms with Crippen molar-refractivity contribution in [2.24, 2.45) is 5.10 Å². The first-order chi connectivity index (χ1) is 6.77. The number of nitrogens with zero attached hydrogens (tertiary/aromatic N) is 2. The van der Waals surface area contributed by atoms with Gasteiger partial charge in [0.2, 0.25) is 0 Å². The van der Waals surface area contributed by atoms with Crippen LogP contribution < -0.4 is 0 Å². The Hall–Kier alpha value is -0.870. The van der Waals surface area contributed by atoms with E-state index in [9.17, 15) is 0 Å². The number of thiocarbonyl (C=S) groups is 1. The van der Waals surface area contributed by atoms with Crippen molar-refractivity contribution in [1.29, 1.82) is 0 Å². The van der Waals surface area contributed by atoms with Gasteiger partial charge in [-0.25, -0.2) is 5.01 Å². The first-order valence-electron chi connectivity index (χ1n) is 4.41. The summed E-state index contributed by atoms with van der Waals surface area (Å²) in [7, 11) is 0. The normalized spacial score (nSPS) is 15.5. The van der Waals surface area contributed by atoms with E-state index >= 15 is 0 Å². The first-order valence-corrected chi connectivity index (χ1v) is 5.26. The fraction of sp³-hybridized carbons (Fsp3) is 0.200. The van der Waals surface area contributed by atoms with Crippen molar-refractivity contribution in [1.82, 2.24) is 5.01 Å². The lowest BCUT2D eigenvalue weighted by atomic mass is 10.1.